The van der Waals surface area contributed by atoms with Crippen LogP contribution in [0.4, 0.5) is 4.39 Å². The Morgan fingerprint density at radius 2 is 1.85 bits per heavy atom. The molecule has 1 aromatic heterocycles. The molecule has 0 aliphatic heterocycles. The summed E-state index contributed by atoms with van der Waals surface area (Å²) in [4.78, 5) is 14.7. The number of fused-ring (bicyclic) bond motifs is 1. The van der Waals surface area contributed by atoms with Crippen LogP contribution >= 0.6 is 0 Å². The Kier molecular flexibility index (Phi) is 3.11. The number of H-pyrrole nitrogens is 1. The first-order valence-electron chi connectivity index (χ1n) is 6.65. The maximum Gasteiger partial charge on any atom is 0.266 e. The summed E-state index contributed by atoms with van der Waals surface area (Å²) in [6, 6.07) is 8.37. The number of hydrogen-bond acceptors (Lipinski definition) is 2. The Balaban J connectivity index is 2.33. The highest BCUT2D eigenvalue weighted by Gasteiger charge is 2.22. The summed E-state index contributed by atoms with van der Waals surface area (Å²) >= 11 is 0. The number of benzene rings is 1. The van der Waals surface area contributed by atoms with E-state index in [1.807, 2.05) is 6.07 Å². The maximum absolute atomic E-state index is 14.0. The van der Waals surface area contributed by atoms with Gasteiger partial charge in [-0.25, -0.2) is 4.39 Å². The minimum absolute atomic E-state index is 0.180. The standard InChI is InChI=1S/C16H13FN2O/c17-14-8-4-3-7-12(14)15-11-6-2-1-5-10(11)13(9-18)16(20)19-15/h3-4,7-8H,1-2,5-6H2,(H,19,20). The summed E-state index contributed by atoms with van der Waals surface area (Å²) in [5.74, 6) is -0.361. The van der Waals surface area contributed by atoms with E-state index in [1.54, 1.807) is 18.2 Å². The Labute approximate surface area is 115 Å². The Morgan fingerprint density at radius 1 is 1.15 bits per heavy atom. The highest BCUT2D eigenvalue weighted by molar-refractivity contribution is 5.67. The Morgan fingerprint density at radius 3 is 2.55 bits per heavy atom. The van der Waals surface area contributed by atoms with E-state index in [-0.39, 0.29) is 11.4 Å². The largest absolute Gasteiger partial charge is 0.320 e. The molecule has 1 heterocycles. The van der Waals surface area contributed by atoms with Crippen LogP contribution in [0.5, 0.6) is 0 Å². The van der Waals surface area contributed by atoms with Gasteiger partial charge in [0.05, 0.1) is 5.69 Å². The molecule has 0 saturated carbocycles. The molecule has 0 amide bonds. The third kappa shape index (κ3) is 1.92. The molecule has 20 heavy (non-hydrogen) atoms. The van der Waals surface area contributed by atoms with Gasteiger partial charge in [-0.05, 0) is 48.9 Å². The molecule has 100 valence electrons. The molecule has 0 bridgehead atoms. The second kappa shape index (κ2) is 4.93. The number of nitriles is 1. The van der Waals surface area contributed by atoms with E-state index in [2.05, 4.69) is 4.98 Å². The summed E-state index contributed by atoms with van der Waals surface area (Å²) in [7, 11) is 0. The van der Waals surface area contributed by atoms with Gasteiger partial charge in [0, 0.05) is 5.56 Å². The van der Waals surface area contributed by atoms with Crippen LogP contribution in [0.3, 0.4) is 0 Å². The number of hydrogen-bond donors (Lipinski definition) is 1. The van der Waals surface area contributed by atoms with Crippen LogP contribution in [0, 0.1) is 17.1 Å². The number of rotatable bonds is 1. The number of halogens is 1. The lowest BCUT2D eigenvalue weighted by atomic mass is 9.86. The maximum atomic E-state index is 14.0. The number of nitrogens with one attached hydrogen (secondary N) is 1. The molecule has 1 aliphatic carbocycles. The van der Waals surface area contributed by atoms with Crippen LogP contribution in [0.2, 0.25) is 0 Å². The van der Waals surface area contributed by atoms with Crippen LogP contribution in [0.15, 0.2) is 29.1 Å². The third-order valence-corrected chi connectivity index (χ3v) is 3.79. The quantitative estimate of drug-likeness (QED) is 0.864. The van der Waals surface area contributed by atoms with Crippen molar-refractivity contribution in [2.75, 3.05) is 0 Å². The van der Waals surface area contributed by atoms with E-state index >= 15 is 0 Å². The predicted molar refractivity (Wildman–Crippen MR) is 73.8 cm³/mol. The van der Waals surface area contributed by atoms with E-state index < -0.39 is 5.56 Å². The fourth-order valence-electron chi connectivity index (χ4n) is 2.86. The summed E-state index contributed by atoms with van der Waals surface area (Å²) < 4.78 is 14.0. The molecule has 1 aromatic carbocycles. The van der Waals surface area contributed by atoms with Gasteiger partial charge in [0.15, 0.2) is 0 Å². The van der Waals surface area contributed by atoms with Crippen molar-refractivity contribution in [3.05, 3.63) is 57.1 Å². The summed E-state index contributed by atoms with van der Waals surface area (Å²) in [6.07, 6.45) is 3.43. The number of aromatic amines is 1. The molecule has 2 aromatic rings. The van der Waals surface area contributed by atoms with Crippen LogP contribution in [0.1, 0.15) is 29.5 Å². The zero-order valence-electron chi connectivity index (χ0n) is 10.9. The molecule has 4 heteroatoms. The zero-order chi connectivity index (χ0) is 14.1. The second-order valence-corrected chi connectivity index (χ2v) is 4.96. The van der Waals surface area contributed by atoms with Gasteiger partial charge in [-0.15, -0.1) is 0 Å². The molecule has 0 fully saturated rings. The van der Waals surface area contributed by atoms with Gasteiger partial charge in [0.2, 0.25) is 0 Å². The van der Waals surface area contributed by atoms with Crippen LogP contribution < -0.4 is 5.56 Å². The SMILES string of the molecule is N#Cc1c2c(c(-c3ccccc3F)[nH]c1=O)CCCC2. The van der Waals surface area contributed by atoms with Gasteiger partial charge < -0.3 is 4.98 Å². The van der Waals surface area contributed by atoms with Crippen molar-refractivity contribution in [1.29, 1.82) is 5.26 Å². The highest BCUT2D eigenvalue weighted by Crippen LogP contribution is 2.31. The first kappa shape index (κ1) is 12.6. The van der Waals surface area contributed by atoms with Crippen molar-refractivity contribution >= 4 is 0 Å². The molecule has 0 atom stereocenters. The van der Waals surface area contributed by atoms with Gasteiger partial charge >= 0.3 is 0 Å². The first-order chi connectivity index (χ1) is 9.72. The van der Waals surface area contributed by atoms with Gasteiger partial charge in [-0.2, -0.15) is 5.26 Å². The average Bonchev–Trinajstić information content (AvgIpc) is 2.47. The van der Waals surface area contributed by atoms with Gasteiger partial charge in [0.1, 0.15) is 17.4 Å². The zero-order valence-corrected chi connectivity index (χ0v) is 10.9. The second-order valence-electron chi connectivity index (χ2n) is 4.96. The average molecular weight is 268 g/mol. The van der Waals surface area contributed by atoms with E-state index in [1.165, 1.54) is 6.07 Å². The fourth-order valence-corrected chi connectivity index (χ4v) is 2.86. The number of aromatic nitrogens is 1. The van der Waals surface area contributed by atoms with Gasteiger partial charge in [-0.3, -0.25) is 4.79 Å². The fraction of sp³-hybridized carbons (Fsp3) is 0.250. The normalized spacial score (nSPS) is 13.6. The lowest BCUT2D eigenvalue weighted by Gasteiger charge is -2.20. The molecular formula is C16H13FN2O. The molecule has 0 unspecified atom stereocenters. The van der Waals surface area contributed by atoms with Crippen molar-refractivity contribution in [2.45, 2.75) is 25.7 Å². The van der Waals surface area contributed by atoms with Crippen molar-refractivity contribution in [3.8, 4) is 17.3 Å². The Hall–Kier alpha value is -2.41. The smallest absolute Gasteiger partial charge is 0.266 e. The molecule has 0 spiro atoms. The minimum Gasteiger partial charge on any atom is -0.320 e. The molecule has 0 saturated heterocycles. The molecule has 0 radical (unpaired) electrons. The molecule has 3 nitrogen and oxygen atoms in total. The van der Waals surface area contributed by atoms with E-state index in [0.717, 1.165) is 30.4 Å². The minimum atomic E-state index is -0.425. The lowest BCUT2D eigenvalue weighted by molar-refractivity contribution is 0.628. The van der Waals surface area contributed by atoms with Crippen LogP contribution in [-0.2, 0) is 12.8 Å². The molecular weight excluding hydrogens is 255 g/mol. The summed E-state index contributed by atoms with van der Waals surface area (Å²) in [6.45, 7) is 0. The lowest BCUT2D eigenvalue weighted by Crippen LogP contribution is -2.20. The molecule has 1 aliphatic rings. The van der Waals surface area contributed by atoms with Crippen molar-refractivity contribution in [3.63, 3.8) is 0 Å². The highest BCUT2D eigenvalue weighted by atomic mass is 19.1. The van der Waals surface area contributed by atoms with E-state index in [4.69, 9.17) is 5.26 Å². The van der Waals surface area contributed by atoms with E-state index in [0.29, 0.717) is 17.7 Å². The Bertz CT molecular complexity index is 771. The number of nitrogens with zero attached hydrogens (tertiary/aromatic N) is 1. The van der Waals surface area contributed by atoms with Crippen LogP contribution in [-0.4, -0.2) is 4.98 Å². The molecule has 1 N–H and O–H groups in total. The van der Waals surface area contributed by atoms with E-state index in [9.17, 15) is 9.18 Å². The summed E-state index contributed by atoms with van der Waals surface area (Å²) in [5.41, 5.74) is 2.39. The monoisotopic (exact) mass is 268 g/mol. The van der Waals surface area contributed by atoms with Crippen LogP contribution in [0.25, 0.3) is 11.3 Å². The van der Waals surface area contributed by atoms with Gasteiger partial charge in [0.25, 0.3) is 5.56 Å². The number of pyridine rings is 1. The van der Waals surface area contributed by atoms with Crippen molar-refractivity contribution in [2.24, 2.45) is 0 Å². The third-order valence-electron chi connectivity index (χ3n) is 3.79. The first-order valence-corrected chi connectivity index (χ1v) is 6.65. The van der Waals surface area contributed by atoms with Gasteiger partial charge in [-0.1, -0.05) is 12.1 Å². The summed E-state index contributed by atoms with van der Waals surface area (Å²) in [5, 5.41) is 9.15. The topological polar surface area (TPSA) is 56.6 Å². The van der Waals surface area contributed by atoms with Crippen molar-refractivity contribution < 1.29 is 4.39 Å². The predicted octanol–water partition coefficient (Wildman–Crippen LogP) is 2.93. The molecule has 3 rings (SSSR count). The van der Waals surface area contributed by atoms with Crippen molar-refractivity contribution in [1.82, 2.24) is 4.98 Å².